The van der Waals surface area contributed by atoms with Gasteiger partial charge in [-0.3, -0.25) is 0 Å². The predicted molar refractivity (Wildman–Crippen MR) is 111 cm³/mol. The molecule has 3 saturated carbocycles. The SMILES string of the molecule is CCCCCC12CCC(c3nnc(-c4ccc(O)cc4OC)n3C)(CC1)CC2. The van der Waals surface area contributed by atoms with E-state index >= 15 is 0 Å². The highest BCUT2D eigenvalue weighted by atomic mass is 16.5. The van der Waals surface area contributed by atoms with Crippen LogP contribution in [0.25, 0.3) is 11.4 Å². The van der Waals surface area contributed by atoms with Gasteiger partial charge >= 0.3 is 0 Å². The molecule has 0 saturated heterocycles. The molecule has 0 atom stereocenters. The number of ether oxygens (including phenoxy) is 1. The van der Waals surface area contributed by atoms with Crippen molar-refractivity contribution in [2.75, 3.05) is 7.11 Å². The van der Waals surface area contributed by atoms with Crippen molar-refractivity contribution >= 4 is 0 Å². The Morgan fingerprint density at radius 1 is 1.07 bits per heavy atom. The molecule has 3 aliphatic carbocycles. The highest BCUT2D eigenvalue weighted by molar-refractivity contribution is 5.66. The van der Waals surface area contributed by atoms with Crippen LogP contribution in [0.15, 0.2) is 18.2 Å². The first-order valence-electron chi connectivity index (χ1n) is 10.8. The molecule has 5 nitrogen and oxygen atoms in total. The monoisotopic (exact) mass is 383 g/mol. The molecule has 5 rings (SSSR count). The molecule has 3 fully saturated rings. The summed E-state index contributed by atoms with van der Waals surface area (Å²) >= 11 is 0. The standard InChI is InChI=1S/C23H33N3O2/c1-4-5-6-9-22-10-13-23(14-11-22,15-12-22)21-25-24-20(26(21)2)18-8-7-17(27)16-19(18)28-3/h7-8,16,27H,4-6,9-15H2,1-3H3. The van der Waals surface area contributed by atoms with Gasteiger partial charge in [-0.2, -0.15) is 0 Å². The summed E-state index contributed by atoms with van der Waals surface area (Å²) in [6.45, 7) is 2.29. The molecule has 0 amide bonds. The van der Waals surface area contributed by atoms with Crippen LogP contribution in [0.4, 0.5) is 0 Å². The molecule has 28 heavy (non-hydrogen) atoms. The molecule has 1 aromatic heterocycles. The van der Waals surface area contributed by atoms with Crippen molar-refractivity contribution in [3.63, 3.8) is 0 Å². The van der Waals surface area contributed by atoms with E-state index in [0.717, 1.165) is 17.2 Å². The predicted octanol–water partition coefficient (Wildman–Crippen LogP) is 5.37. The van der Waals surface area contributed by atoms with Gasteiger partial charge in [-0.15, -0.1) is 10.2 Å². The summed E-state index contributed by atoms with van der Waals surface area (Å²) in [4.78, 5) is 0. The fourth-order valence-corrected chi connectivity index (χ4v) is 5.61. The molecule has 2 bridgehead atoms. The maximum atomic E-state index is 9.76. The fourth-order valence-electron chi connectivity index (χ4n) is 5.61. The second-order valence-electron chi connectivity index (χ2n) is 9.03. The van der Waals surface area contributed by atoms with Crippen LogP contribution in [0.3, 0.4) is 0 Å². The maximum Gasteiger partial charge on any atom is 0.167 e. The van der Waals surface area contributed by atoms with E-state index in [4.69, 9.17) is 4.74 Å². The number of rotatable bonds is 7. The maximum absolute atomic E-state index is 9.76. The van der Waals surface area contributed by atoms with Crippen molar-refractivity contribution in [3.05, 3.63) is 24.0 Å². The smallest absolute Gasteiger partial charge is 0.167 e. The van der Waals surface area contributed by atoms with Crippen LogP contribution in [0.5, 0.6) is 11.5 Å². The minimum atomic E-state index is 0.177. The topological polar surface area (TPSA) is 60.2 Å². The van der Waals surface area contributed by atoms with Crippen molar-refractivity contribution in [2.24, 2.45) is 12.5 Å². The number of methoxy groups -OCH3 is 1. The Bertz CT molecular complexity index is 818. The molecule has 0 radical (unpaired) electrons. The van der Waals surface area contributed by atoms with Gasteiger partial charge in [0.05, 0.1) is 12.7 Å². The Morgan fingerprint density at radius 2 is 1.79 bits per heavy atom. The van der Waals surface area contributed by atoms with Gasteiger partial charge in [0.15, 0.2) is 5.82 Å². The van der Waals surface area contributed by atoms with E-state index in [1.807, 2.05) is 6.07 Å². The van der Waals surface area contributed by atoms with Crippen LogP contribution in [-0.4, -0.2) is 27.0 Å². The number of nitrogens with zero attached hydrogens (tertiary/aromatic N) is 3. The second-order valence-corrected chi connectivity index (χ2v) is 9.03. The lowest BCUT2D eigenvalue weighted by Crippen LogP contribution is -2.45. The molecule has 1 heterocycles. The minimum Gasteiger partial charge on any atom is -0.508 e. The van der Waals surface area contributed by atoms with Gasteiger partial charge in [0.25, 0.3) is 0 Å². The highest BCUT2D eigenvalue weighted by Crippen LogP contribution is 2.59. The van der Waals surface area contributed by atoms with E-state index in [-0.39, 0.29) is 11.2 Å². The average molecular weight is 384 g/mol. The zero-order valence-corrected chi connectivity index (χ0v) is 17.5. The molecule has 3 aliphatic rings. The van der Waals surface area contributed by atoms with Crippen molar-refractivity contribution < 1.29 is 9.84 Å². The summed E-state index contributed by atoms with van der Waals surface area (Å²) in [6, 6.07) is 5.17. The summed E-state index contributed by atoms with van der Waals surface area (Å²) in [5.41, 5.74) is 1.65. The number of hydrogen-bond donors (Lipinski definition) is 1. The second kappa shape index (κ2) is 7.41. The number of phenolic OH excluding ortho intramolecular Hbond substituents is 1. The Balaban J connectivity index is 1.58. The first-order valence-corrected chi connectivity index (χ1v) is 10.8. The van der Waals surface area contributed by atoms with Crippen molar-refractivity contribution in [1.29, 1.82) is 0 Å². The van der Waals surface area contributed by atoms with Gasteiger partial charge in [-0.25, -0.2) is 0 Å². The quantitative estimate of drug-likeness (QED) is 0.653. The summed E-state index contributed by atoms with van der Waals surface area (Å²) in [5.74, 6) is 2.76. The molecular formula is C23H33N3O2. The van der Waals surface area contributed by atoms with Gasteiger partial charge in [0.2, 0.25) is 0 Å². The average Bonchev–Trinajstić information content (AvgIpc) is 3.11. The molecule has 1 N–H and O–H groups in total. The molecular weight excluding hydrogens is 350 g/mol. The molecule has 0 unspecified atom stereocenters. The van der Waals surface area contributed by atoms with Crippen LogP contribution in [-0.2, 0) is 12.5 Å². The summed E-state index contributed by atoms with van der Waals surface area (Å²) < 4.78 is 7.63. The largest absolute Gasteiger partial charge is 0.508 e. The summed E-state index contributed by atoms with van der Waals surface area (Å²) in [6.07, 6.45) is 13.2. The molecule has 0 aliphatic heterocycles. The van der Waals surface area contributed by atoms with E-state index in [9.17, 15) is 5.11 Å². The summed E-state index contributed by atoms with van der Waals surface area (Å²) in [5, 5.41) is 19.0. The van der Waals surface area contributed by atoms with Gasteiger partial charge in [0.1, 0.15) is 17.3 Å². The van der Waals surface area contributed by atoms with E-state index < -0.39 is 0 Å². The summed E-state index contributed by atoms with van der Waals surface area (Å²) in [7, 11) is 3.69. The van der Waals surface area contributed by atoms with Crippen LogP contribution in [0, 0.1) is 5.41 Å². The van der Waals surface area contributed by atoms with Crippen LogP contribution < -0.4 is 4.74 Å². The van der Waals surface area contributed by atoms with E-state index in [1.54, 1.807) is 19.2 Å². The molecule has 0 spiro atoms. The lowest BCUT2D eigenvalue weighted by atomic mass is 9.52. The number of phenols is 1. The third-order valence-corrected chi connectivity index (χ3v) is 7.49. The van der Waals surface area contributed by atoms with Gasteiger partial charge in [-0.1, -0.05) is 26.2 Å². The highest BCUT2D eigenvalue weighted by Gasteiger charge is 2.51. The van der Waals surface area contributed by atoms with Crippen LogP contribution in [0.1, 0.15) is 77.0 Å². The Kier molecular flexibility index (Phi) is 5.11. The number of unbranched alkanes of at least 4 members (excludes halogenated alkanes) is 2. The van der Waals surface area contributed by atoms with Crippen molar-refractivity contribution in [2.45, 2.75) is 76.5 Å². The van der Waals surface area contributed by atoms with Gasteiger partial charge in [-0.05, 0) is 62.5 Å². The Morgan fingerprint density at radius 3 is 2.43 bits per heavy atom. The van der Waals surface area contributed by atoms with Crippen molar-refractivity contribution in [3.8, 4) is 22.9 Å². The first-order chi connectivity index (χ1) is 13.5. The van der Waals surface area contributed by atoms with E-state index in [2.05, 4.69) is 28.7 Å². The molecule has 152 valence electrons. The molecule has 5 heteroatoms. The van der Waals surface area contributed by atoms with Crippen molar-refractivity contribution in [1.82, 2.24) is 14.8 Å². The van der Waals surface area contributed by atoms with Crippen LogP contribution >= 0.6 is 0 Å². The number of aromatic hydroxyl groups is 1. The number of aromatic nitrogens is 3. The van der Waals surface area contributed by atoms with Gasteiger partial charge < -0.3 is 14.4 Å². The lowest BCUT2D eigenvalue weighted by Gasteiger charge is -2.53. The van der Waals surface area contributed by atoms with E-state index in [0.29, 0.717) is 11.2 Å². The lowest BCUT2D eigenvalue weighted by molar-refractivity contribution is 0.0250. The minimum absolute atomic E-state index is 0.177. The van der Waals surface area contributed by atoms with Crippen LogP contribution in [0.2, 0.25) is 0 Å². The Hall–Kier alpha value is -2.04. The first kappa shape index (κ1) is 19.3. The Labute approximate surface area is 168 Å². The third kappa shape index (κ3) is 3.19. The zero-order valence-electron chi connectivity index (χ0n) is 17.5. The normalized spacial score (nSPS) is 26.5. The molecule has 2 aromatic rings. The fraction of sp³-hybridized carbons (Fsp3) is 0.652. The number of hydrogen-bond acceptors (Lipinski definition) is 4. The van der Waals surface area contributed by atoms with Gasteiger partial charge in [0, 0.05) is 18.5 Å². The molecule has 1 aromatic carbocycles. The number of benzene rings is 1. The van der Waals surface area contributed by atoms with E-state index in [1.165, 1.54) is 64.2 Å². The zero-order chi connectivity index (χ0) is 19.8. The number of fused-ring (bicyclic) bond motifs is 3. The third-order valence-electron chi connectivity index (χ3n) is 7.49.